The number of carbonyl (C=O) groups excluding carboxylic acids is 1. The molecule has 1 fully saturated rings. The first-order valence-corrected chi connectivity index (χ1v) is 7.22. The highest BCUT2D eigenvalue weighted by Crippen LogP contribution is 2.19. The van der Waals surface area contributed by atoms with Crippen LogP contribution in [0.4, 0.5) is 0 Å². The number of amides is 1. The molecule has 4 nitrogen and oxygen atoms in total. The van der Waals surface area contributed by atoms with Crippen molar-refractivity contribution in [3.63, 3.8) is 0 Å². The van der Waals surface area contributed by atoms with Crippen molar-refractivity contribution in [1.82, 2.24) is 10.2 Å². The minimum Gasteiger partial charge on any atom is -0.368 e. The normalized spacial score (nSPS) is 23.7. The van der Waals surface area contributed by atoms with Crippen LogP contribution in [0.2, 0.25) is 0 Å². The van der Waals surface area contributed by atoms with Gasteiger partial charge < -0.3 is 16.0 Å². The monoisotopic (exact) mass is 255 g/mol. The van der Waals surface area contributed by atoms with E-state index in [4.69, 9.17) is 5.73 Å². The number of likely N-dealkylation sites (N-methyl/N-ethyl adjacent to an activating group) is 1. The Morgan fingerprint density at radius 2 is 1.78 bits per heavy atom. The number of likely N-dealkylation sites (tertiary alicyclic amines) is 1. The largest absolute Gasteiger partial charge is 0.368 e. The summed E-state index contributed by atoms with van der Waals surface area (Å²) in [5, 5.41) is 3.07. The van der Waals surface area contributed by atoms with Gasteiger partial charge in [-0.1, -0.05) is 19.3 Å². The van der Waals surface area contributed by atoms with Gasteiger partial charge in [0.25, 0.3) is 0 Å². The Morgan fingerprint density at radius 3 is 2.22 bits per heavy atom. The highest BCUT2D eigenvalue weighted by Gasteiger charge is 2.32. The Morgan fingerprint density at radius 1 is 1.28 bits per heavy atom. The summed E-state index contributed by atoms with van der Waals surface area (Å²) in [4.78, 5) is 14.0. The van der Waals surface area contributed by atoms with Crippen LogP contribution in [0, 0.1) is 0 Å². The molecule has 2 unspecified atom stereocenters. The molecule has 2 atom stereocenters. The molecular weight excluding hydrogens is 226 g/mol. The molecule has 1 heterocycles. The second-order valence-corrected chi connectivity index (χ2v) is 5.80. The number of hydrogen-bond donors (Lipinski definition) is 2. The molecule has 0 aromatic heterocycles. The summed E-state index contributed by atoms with van der Waals surface area (Å²) in [5.74, 6) is -0.260. The van der Waals surface area contributed by atoms with E-state index in [-0.39, 0.29) is 5.91 Å². The van der Waals surface area contributed by atoms with E-state index >= 15 is 0 Å². The first kappa shape index (κ1) is 15.4. The lowest BCUT2D eigenvalue weighted by Gasteiger charge is -2.36. The molecule has 4 heteroatoms. The molecule has 1 aliphatic rings. The van der Waals surface area contributed by atoms with Crippen LogP contribution in [0.5, 0.6) is 0 Å². The highest BCUT2D eigenvalue weighted by atomic mass is 16.1. The van der Waals surface area contributed by atoms with Crippen molar-refractivity contribution in [2.24, 2.45) is 5.73 Å². The van der Waals surface area contributed by atoms with E-state index in [1.54, 1.807) is 0 Å². The predicted octanol–water partition coefficient (Wildman–Crippen LogP) is 1.49. The van der Waals surface area contributed by atoms with Crippen LogP contribution in [0.25, 0.3) is 0 Å². The fourth-order valence-electron chi connectivity index (χ4n) is 2.76. The number of rotatable bonds is 5. The molecule has 0 saturated carbocycles. The SMILES string of the molecule is CNC(C)(CC(C)N1CCCCCCC1)C(N)=O. The van der Waals surface area contributed by atoms with E-state index in [0.29, 0.717) is 6.04 Å². The van der Waals surface area contributed by atoms with Crippen LogP contribution in [0.3, 0.4) is 0 Å². The minimum atomic E-state index is -0.595. The summed E-state index contributed by atoms with van der Waals surface area (Å²) in [6, 6.07) is 0.396. The molecule has 0 spiro atoms. The average Bonchev–Trinajstić information content (AvgIpc) is 2.27. The number of hydrogen-bond acceptors (Lipinski definition) is 3. The predicted molar refractivity (Wildman–Crippen MR) is 75.4 cm³/mol. The quantitative estimate of drug-likeness (QED) is 0.782. The fraction of sp³-hybridized carbons (Fsp3) is 0.929. The topological polar surface area (TPSA) is 58.4 Å². The van der Waals surface area contributed by atoms with E-state index < -0.39 is 5.54 Å². The highest BCUT2D eigenvalue weighted by molar-refractivity contribution is 5.84. The lowest BCUT2D eigenvalue weighted by atomic mass is 9.91. The third-order valence-corrected chi connectivity index (χ3v) is 4.31. The zero-order chi connectivity index (χ0) is 13.6. The third-order valence-electron chi connectivity index (χ3n) is 4.31. The van der Waals surface area contributed by atoms with Crippen molar-refractivity contribution in [1.29, 1.82) is 0 Å². The van der Waals surface area contributed by atoms with E-state index in [1.165, 1.54) is 32.1 Å². The van der Waals surface area contributed by atoms with Gasteiger partial charge >= 0.3 is 0 Å². The second kappa shape index (κ2) is 7.10. The van der Waals surface area contributed by atoms with Crippen molar-refractivity contribution >= 4 is 5.91 Å². The summed E-state index contributed by atoms with van der Waals surface area (Å²) >= 11 is 0. The van der Waals surface area contributed by atoms with Gasteiger partial charge in [-0.05, 0) is 53.2 Å². The lowest BCUT2D eigenvalue weighted by molar-refractivity contribution is -0.124. The maximum absolute atomic E-state index is 11.5. The summed E-state index contributed by atoms with van der Waals surface area (Å²) in [6.45, 7) is 6.41. The van der Waals surface area contributed by atoms with Crippen molar-refractivity contribution in [2.75, 3.05) is 20.1 Å². The Labute approximate surface area is 111 Å². The molecule has 0 bridgehead atoms. The van der Waals surface area contributed by atoms with Crippen LogP contribution in [-0.4, -0.2) is 42.5 Å². The first-order valence-electron chi connectivity index (χ1n) is 7.22. The number of nitrogens with one attached hydrogen (secondary N) is 1. The molecule has 106 valence electrons. The molecule has 3 N–H and O–H groups in total. The van der Waals surface area contributed by atoms with Gasteiger partial charge in [0, 0.05) is 6.04 Å². The van der Waals surface area contributed by atoms with E-state index in [2.05, 4.69) is 17.1 Å². The van der Waals surface area contributed by atoms with Gasteiger partial charge in [-0.15, -0.1) is 0 Å². The van der Waals surface area contributed by atoms with Crippen molar-refractivity contribution in [2.45, 2.75) is 64.0 Å². The third kappa shape index (κ3) is 4.25. The summed E-state index contributed by atoms with van der Waals surface area (Å²) in [5.41, 5.74) is 4.90. The van der Waals surface area contributed by atoms with Crippen LogP contribution in [-0.2, 0) is 4.79 Å². The summed E-state index contributed by atoms with van der Waals surface area (Å²) in [7, 11) is 1.81. The maximum Gasteiger partial charge on any atom is 0.237 e. The van der Waals surface area contributed by atoms with E-state index in [1.807, 2.05) is 14.0 Å². The first-order chi connectivity index (χ1) is 8.49. The Hall–Kier alpha value is -0.610. The number of nitrogens with zero attached hydrogens (tertiary/aromatic N) is 1. The van der Waals surface area contributed by atoms with Crippen LogP contribution >= 0.6 is 0 Å². The zero-order valence-electron chi connectivity index (χ0n) is 12.2. The molecule has 0 aromatic carbocycles. The molecule has 1 aliphatic heterocycles. The van der Waals surface area contributed by atoms with E-state index in [0.717, 1.165) is 19.5 Å². The van der Waals surface area contributed by atoms with Gasteiger partial charge in [0.1, 0.15) is 0 Å². The van der Waals surface area contributed by atoms with Gasteiger partial charge in [-0.25, -0.2) is 0 Å². The maximum atomic E-state index is 11.5. The van der Waals surface area contributed by atoms with Gasteiger partial charge in [0.2, 0.25) is 5.91 Å². The Kier molecular flexibility index (Phi) is 6.09. The van der Waals surface area contributed by atoms with Gasteiger partial charge in [-0.3, -0.25) is 4.79 Å². The molecule has 18 heavy (non-hydrogen) atoms. The molecule has 1 saturated heterocycles. The van der Waals surface area contributed by atoms with Crippen LogP contribution in [0.15, 0.2) is 0 Å². The molecule has 0 radical (unpaired) electrons. The van der Waals surface area contributed by atoms with Crippen molar-refractivity contribution in [3.8, 4) is 0 Å². The standard InChI is InChI=1S/C14H29N3O/c1-12(11-14(2,16-3)13(15)18)17-9-7-5-4-6-8-10-17/h12,16H,4-11H2,1-3H3,(H2,15,18). The second-order valence-electron chi connectivity index (χ2n) is 5.80. The molecule has 1 rings (SSSR count). The Balaban J connectivity index is 2.56. The zero-order valence-corrected chi connectivity index (χ0v) is 12.2. The molecular formula is C14H29N3O. The van der Waals surface area contributed by atoms with Crippen molar-refractivity contribution in [3.05, 3.63) is 0 Å². The van der Waals surface area contributed by atoms with Gasteiger partial charge in [0.05, 0.1) is 5.54 Å². The minimum absolute atomic E-state index is 0.260. The summed E-state index contributed by atoms with van der Waals surface area (Å²) < 4.78 is 0. The lowest BCUT2D eigenvalue weighted by Crippen LogP contribution is -2.55. The van der Waals surface area contributed by atoms with Crippen molar-refractivity contribution < 1.29 is 4.79 Å². The fourth-order valence-corrected chi connectivity index (χ4v) is 2.76. The number of nitrogens with two attached hydrogens (primary N) is 1. The van der Waals surface area contributed by atoms with Gasteiger partial charge in [0.15, 0.2) is 0 Å². The molecule has 1 amide bonds. The average molecular weight is 255 g/mol. The Bertz CT molecular complexity index is 262. The van der Waals surface area contributed by atoms with Gasteiger partial charge in [-0.2, -0.15) is 0 Å². The number of carbonyl (C=O) groups is 1. The smallest absolute Gasteiger partial charge is 0.237 e. The summed E-state index contributed by atoms with van der Waals surface area (Å²) in [6.07, 6.45) is 7.37. The number of primary amides is 1. The molecule has 0 aromatic rings. The molecule has 0 aliphatic carbocycles. The van der Waals surface area contributed by atoms with E-state index in [9.17, 15) is 4.79 Å². The van der Waals surface area contributed by atoms with Crippen LogP contribution < -0.4 is 11.1 Å². The van der Waals surface area contributed by atoms with Crippen LogP contribution in [0.1, 0.15) is 52.4 Å².